The molecule has 3 N–H and O–H groups in total. The molecule has 1 aromatic heterocycles. The fourth-order valence-electron chi connectivity index (χ4n) is 0.975. The van der Waals surface area contributed by atoms with Crippen molar-refractivity contribution in [2.75, 3.05) is 11.1 Å². The second kappa shape index (κ2) is 3.59. The summed E-state index contributed by atoms with van der Waals surface area (Å²) in [6.45, 7) is 0. The zero-order chi connectivity index (χ0) is 9.97. The highest BCUT2D eigenvalue weighted by molar-refractivity contribution is 7.10. The molecule has 0 amide bonds. The van der Waals surface area contributed by atoms with Crippen LogP contribution in [0.25, 0.3) is 0 Å². The van der Waals surface area contributed by atoms with Crippen LogP contribution >= 0.6 is 11.5 Å². The maximum Gasteiger partial charge on any atom is 0.233 e. The molecule has 0 aliphatic heterocycles. The molecule has 0 radical (unpaired) electrons. The molecule has 6 heteroatoms. The van der Waals surface area contributed by atoms with Crippen LogP contribution < -0.4 is 11.1 Å². The Kier molecular flexibility index (Phi) is 2.28. The van der Waals surface area contributed by atoms with Crippen LogP contribution in [0.1, 0.15) is 0 Å². The summed E-state index contributed by atoms with van der Waals surface area (Å²) in [5.41, 5.74) is 5.96. The summed E-state index contributed by atoms with van der Waals surface area (Å²) in [6, 6.07) is 6.10. The number of nitrogens with zero attached hydrogens (tertiary/aromatic N) is 2. The number of aromatic nitrogens is 2. The van der Waals surface area contributed by atoms with Crippen LogP contribution in [0, 0.1) is 5.82 Å². The van der Waals surface area contributed by atoms with Crippen molar-refractivity contribution in [2.45, 2.75) is 0 Å². The Hall–Kier alpha value is -1.69. The van der Waals surface area contributed by atoms with Crippen LogP contribution in [-0.4, -0.2) is 9.36 Å². The van der Waals surface area contributed by atoms with Crippen LogP contribution in [-0.2, 0) is 0 Å². The van der Waals surface area contributed by atoms with Gasteiger partial charge in [0, 0.05) is 17.2 Å². The van der Waals surface area contributed by atoms with Gasteiger partial charge in [0.15, 0.2) is 0 Å². The molecule has 72 valence electrons. The van der Waals surface area contributed by atoms with E-state index in [1.165, 1.54) is 12.1 Å². The molecule has 1 aromatic carbocycles. The number of benzene rings is 1. The van der Waals surface area contributed by atoms with Crippen LogP contribution in [0.4, 0.5) is 21.2 Å². The van der Waals surface area contributed by atoms with Gasteiger partial charge in [-0.1, -0.05) is 6.07 Å². The van der Waals surface area contributed by atoms with Gasteiger partial charge in [-0.05, 0) is 18.2 Å². The summed E-state index contributed by atoms with van der Waals surface area (Å²) in [7, 11) is 0. The van der Waals surface area contributed by atoms with Crippen molar-refractivity contribution in [3.8, 4) is 0 Å². The third-order valence-corrected chi connectivity index (χ3v) is 2.16. The minimum Gasteiger partial charge on any atom is -0.367 e. The summed E-state index contributed by atoms with van der Waals surface area (Å²) in [5, 5.41) is 3.44. The Balaban J connectivity index is 2.18. The second-order valence-corrected chi connectivity index (χ2v) is 3.34. The predicted molar refractivity (Wildman–Crippen MR) is 54.0 cm³/mol. The summed E-state index contributed by atoms with van der Waals surface area (Å²) < 4.78 is 16.6. The normalized spacial score (nSPS) is 10.1. The van der Waals surface area contributed by atoms with Gasteiger partial charge in [-0.25, -0.2) is 4.39 Å². The zero-order valence-electron chi connectivity index (χ0n) is 7.07. The van der Waals surface area contributed by atoms with Crippen LogP contribution in [0.2, 0.25) is 0 Å². The summed E-state index contributed by atoms with van der Waals surface area (Å²) in [6.07, 6.45) is 0. The number of halogens is 1. The smallest absolute Gasteiger partial charge is 0.233 e. The van der Waals surface area contributed by atoms with E-state index in [0.29, 0.717) is 10.8 Å². The number of nitrogen functional groups attached to an aromatic ring is 1. The average molecular weight is 210 g/mol. The van der Waals surface area contributed by atoms with Crippen molar-refractivity contribution < 1.29 is 4.39 Å². The molecule has 2 rings (SSSR count). The van der Waals surface area contributed by atoms with E-state index in [1.807, 2.05) is 0 Å². The highest BCUT2D eigenvalue weighted by Crippen LogP contribution is 2.19. The van der Waals surface area contributed by atoms with Gasteiger partial charge in [-0.3, -0.25) is 0 Å². The van der Waals surface area contributed by atoms with E-state index in [0.717, 1.165) is 11.5 Å². The van der Waals surface area contributed by atoms with Crippen LogP contribution in [0.5, 0.6) is 0 Å². The van der Waals surface area contributed by atoms with E-state index in [1.54, 1.807) is 12.1 Å². The SMILES string of the molecule is Nc1nsc(Nc2cccc(F)c2)n1. The molecule has 0 fully saturated rings. The lowest BCUT2D eigenvalue weighted by molar-refractivity contribution is 0.628. The van der Waals surface area contributed by atoms with E-state index >= 15 is 0 Å². The van der Waals surface area contributed by atoms with Gasteiger partial charge in [-0.15, -0.1) is 0 Å². The van der Waals surface area contributed by atoms with Gasteiger partial charge in [0.25, 0.3) is 0 Å². The van der Waals surface area contributed by atoms with Gasteiger partial charge in [-0.2, -0.15) is 9.36 Å². The molecule has 2 aromatic rings. The molecule has 0 unspecified atom stereocenters. The Morgan fingerprint density at radius 1 is 1.43 bits per heavy atom. The zero-order valence-corrected chi connectivity index (χ0v) is 7.88. The highest BCUT2D eigenvalue weighted by Gasteiger charge is 2.01. The van der Waals surface area contributed by atoms with Gasteiger partial charge >= 0.3 is 0 Å². The molecule has 0 aliphatic carbocycles. The third-order valence-electron chi connectivity index (χ3n) is 1.52. The maximum atomic E-state index is 12.8. The number of anilines is 3. The molecule has 14 heavy (non-hydrogen) atoms. The van der Waals surface area contributed by atoms with Gasteiger partial charge in [0.2, 0.25) is 11.1 Å². The van der Waals surface area contributed by atoms with Crippen LogP contribution in [0.3, 0.4) is 0 Å². The van der Waals surface area contributed by atoms with E-state index in [-0.39, 0.29) is 11.8 Å². The van der Waals surface area contributed by atoms with Gasteiger partial charge in [0.05, 0.1) is 0 Å². The number of hydrogen-bond donors (Lipinski definition) is 2. The monoisotopic (exact) mass is 210 g/mol. The number of hydrogen-bond acceptors (Lipinski definition) is 5. The first-order chi connectivity index (χ1) is 6.74. The molecule has 0 spiro atoms. The molecule has 1 heterocycles. The fraction of sp³-hybridized carbons (Fsp3) is 0. The second-order valence-electron chi connectivity index (χ2n) is 2.59. The third kappa shape index (κ3) is 1.97. The van der Waals surface area contributed by atoms with Gasteiger partial charge in [0.1, 0.15) is 5.82 Å². The maximum absolute atomic E-state index is 12.8. The van der Waals surface area contributed by atoms with Crippen molar-refractivity contribution in [1.82, 2.24) is 9.36 Å². The molecule has 0 bridgehead atoms. The minimum atomic E-state index is -0.299. The highest BCUT2D eigenvalue weighted by atomic mass is 32.1. The summed E-state index contributed by atoms with van der Waals surface area (Å²) >= 11 is 1.13. The Bertz CT molecular complexity index is 442. The standard InChI is InChI=1S/C8H7FN4S/c9-5-2-1-3-6(4-5)11-8-12-7(10)13-14-8/h1-4H,(H3,10,11,12,13). The van der Waals surface area contributed by atoms with E-state index in [9.17, 15) is 4.39 Å². The molecule has 0 saturated carbocycles. The first-order valence-electron chi connectivity index (χ1n) is 3.86. The van der Waals surface area contributed by atoms with Crippen LogP contribution in [0.15, 0.2) is 24.3 Å². The molecule has 0 aliphatic rings. The first kappa shape index (κ1) is 8.89. The largest absolute Gasteiger partial charge is 0.367 e. The lowest BCUT2D eigenvalue weighted by Gasteiger charge is -2.00. The van der Waals surface area contributed by atoms with Crippen molar-refractivity contribution in [3.63, 3.8) is 0 Å². The van der Waals surface area contributed by atoms with Crippen molar-refractivity contribution in [2.24, 2.45) is 0 Å². The predicted octanol–water partition coefficient (Wildman–Crippen LogP) is 2.00. The molecule has 0 atom stereocenters. The van der Waals surface area contributed by atoms with E-state index < -0.39 is 0 Å². The van der Waals surface area contributed by atoms with Crippen molar-refractivity contribution >= 4 is 28.3 Å². The average Bonchev–Trinajstić information content (AvgIpc) is 2.51. The molecule has 4 nitrogen and oxygen atoms in total. The molecular weight excluding hydrogens is 203 g/mol. The molecular formula is C8H7FN4S. The number of nitrogens with two attached hydrogens (primary N) is 1. The molecule has 0 saturated heterocycles. The first-order valence-corrected chi connectivity index (χ1v) is 4.63. The Labute approximate surface area is 83.8 Å². The Morgan fingerprint density at radius 2 is 2.29 bits per heavy atom. The lowest BCUT2D eigenvalue weighted by atomic mass is 10.3. The summed E-state index contributed by atoms with van der Waals surface area (Å²) in [4.78, 5) is 3.89. The van der Waals surface area contributed by atoms with Crippen molar-refractivity contribution in [1.29, 1.82) is 0 Å². The fourth-order valence-corrected chi connectivity index (χ4v) is 1.49. The number of rotatable bonds is 2. The minimum absolute atomic E-state index is 0.217. The summed E-state index contributed by atoms with van der Waals surface area (Å²) in [5.74, 6) is -0.0820. The topological polar surface area (TPSA) is 63.8 Å². The number of nitrogens with one attached hydrogen (secondary N) is 1. The van der Waals surface area contributed by atoms with Gasteiger partial charge < -0.3 is 11.1 Å². The van der Waals surface area contributed by atoms with E-state index in [4.69, 9.17) is 5.73 Å². The van der Waals surface area contributed by atoms with E-state index in [2.05, 4.69) is 14.7 Å². The Morgan fingerprint density at radius 3 is 2.93 bits per heavy atom. The lowest BCUT2D eigenvalue weighted by Crippen LogP contribution is -1.91. The quantitative estimate of drug-likeness (QED) is 0.795. The van der Waals surface area contributed by atoms with Crippen molar-refractivity contribution in [3.05, 3.63) is 30.1 Å².